The normalized spacial score (nSPS) is 12.6. The molecule has 0 fully saturated rings. The highest BCUT2D eigenvalue weighted by Crippen LogP contribution is 2.30. The molecule has 0 unspecified atom stereocenters. The van der Waals surface area contributed by atoms with E-state index in [1.165, 1.54) is 6.07 Å². The first-order chi connectivity index (χ1) is 10.4. The van der Waals surface area contributed by atoms with Crippen LogP contribution in [0.2, 0.25) is 0 Å². The van der Waals surface area contributed by atoms with Gasteiger partial charge in [-0.25, -0.2) is 0 Å². The Labute approximate surface area is 132 Å². The van der Waals surface area contributed by atoms with Crippen LogP contribution in [0.5, 0.6) is 0 Å². The molecule has 1 rings (SSSR count). The SMILES string of the molecule is CCOC(CCCc1cccc(C(F)(F)F)c1)(O[Si])OCC. The third-order valence-corrected chi connectivity index (χ3v) is 3.40. The maximum absolute atomic E-state index is 12.7. The lowest BCUT2D eigenvalue weighted by molar-refractivity contribution is -0.343. The van der Waals surface area contributed by atoms with Crippen LogP contribution in [0.15, 0.2) is 24.3 Å². The summed E-state index contributed by atoms with van der Waals surface area (Å²) in [4.78, 5) is 0. The summed E-state index contributed by atoms with van der Waals surface area (Å²) in [7, 11) is 2.95. The number of hydrogen-bond donors (Lipinski definition) is 0. The van der Waals surface area contributed by atoms with E-state index in [2.05, 4.69) is 10.5 Å². The molecule has 123 valence electrons. The van der Waals surface area contributed by atoms with Crippen molar-refractivity contribution < 1.29 is 27.1 Å². The lowest BCUT2D eigenvalue weighted by Crippen LogP contribution is -2.38. The van der Waals surface area contributed by atoms with E-state index in [4.69, 9.17) is 13.9 Å². The molecule has 3 nitrogen and oxygen atoms in total. The van der Waals surface area contributed by atoms with Gasteiger partial charge in [-0.15, -0.1) is 0 Å². The molecule has 0 aliphatic rings. The number of ether oxygens (including phenoxy) is 2. The molecule has 0 atom stereocenters. The van der Waals surface area contributed by atoms with Crippen LogP contribution in [-0.2, 0) is 26.5 Å². The molecule has 22 heavy (non-hydrogen) atoms. The zero-order valence-electron chi connectivity index (χ0n) is 12.7. The molecule has 0 aliphatic heterocycles. The van der Waals surface area contributed by atoms with Crippen molar-refractivity contribution in [3.63, 3.8) is 0 Å². The third kappa shape index (κ3) is 5.72. The summed E-state index contributed by atoms with van der Waals surface area (Å²) < 4.78 is 54.0. The predicted octanol–water partition coefficient (Wildman–Crippen LogP) is 3.86. The summed E-state index contributed by atoms with van der Waals surface area (Å²) in [6, 6.07) is 5.32. The average molecular weight is 333 g/mol. The summed E-state index contributed by atoms with van der Waals surface area (Å²) in [5.41, 5.74) is -0.0204. The van der Waals surface area contributed by atoms with Gasteiger partial charge in [-0.3, -0.25) is 0 Å². The molecule has 3 radical (unpaired) electrons. The number of halogens is 3. The van der Waals surface area contributed by atoms with Crippen molar-refractivity contribution in [2.45, 2.75) is 45.3 Å². The summed E-state index contributed by atoms with van der Waals surface area (Å²) >= 11 is 0. The molecule has 0 aromatic heterocycles. The van der Waals surface area contributed by atoms with Crippen molar-refractivity contribution in [1.29, 1.82) is 0 Å². The predicted molar refractivity (Wildman–Crippen MR) is 77.2 cm³/mol. The van der Waals surface area contributed by atoms with E-state index in [1.54, 1.807) is 6.07 Å². The number of alkyl halides is 3. The van der Waals surface area contributed by atoms with E-state index in [0.717, 1.165) is 12.1 Å². The Morgan fingerprint density at radius 2 is 1.73 bits per heavy atom. The highest BCUT2D eigenvalue weighted by Gasteiger charge is 2.31. The number of aryl methyl sites for hydroxylation is 1. The summed E-state index contributed by atoms with van der Waals surface area (Å²) in [5.74, 6) is -1.21. The molecule has 0 N–H and O–H groups in total. The van der Waals surface area contributed by atoms with Crippen molar-refractivity contribution >= 4 is 10.5 Å². The van der Waals surface area contributed by atoms with Crippen LogP contribution in [-0.4, -0.2) is 29.7 Å². The van der Waals surface area contributed by atoms with Gasteiger partial charge in [0, 0.05) is 19.6 Å². The fourth-order valence-corrected chi connectivity index (χ4v) is 2.37. The first kappa shape index (κ1) is 19.2. The Hall–Kier alpha value is -0.893. The Morgan fingerprint density at radius 3 is 2.23 bits per heavy atom. The number of rotatable bonds is 9. The second-order valence-corrected chi connectivity index (χ2v) is 4.91. The summed E-state index contributed by atoms with van der Waals surface area (Å²) in [6.45, 7) is 4.42. The third-order valence-electron chi connectivity index (χ3n) is 3.09. The maximum Gasteiger partial charge on any atom is 0.416 e. The van der Waals surface area contributed by atoms with Crippen molar-refractivity contribution in [3.05, 3.63) is 35.4 Å². The molecule has 0 aliphatic carbocycles. The Bertz CT molecular complexity index is 446. The molecule has 1 aromatic rings. The molecular formula is C15H20F3O3Si. The van der Waals surface area contributed by atoms with E-state index in [9.17, 15) is 13.2 Å². The zero-order chi connectivity index (χ0) is 16.6. The molecule has 0 saturated carbocycles. The standard InChI is InChI=1S/C15H20F3O3Si/c1-3-19-14(21-22,20-4-2)10-6-8-12-7-5-9-13(11-12)15(16,17)18/h5,7,9,11H,3-4,6,8,10H2,1-2H3. The van der Waals surface area contributed by atoms with Crippen molar-refractivity contribution in [1.82, 2.24) is 0 Å². The molecular weight excluding hydrogens is 313 g/mol. The van der Waals surface area contributed by atoms with E-state index in [-0.39, 0.29) is 0 Å². The van der Waals surface area contributed by atoms with Gasteiger partial charge in [0.25, 0.3) is 16.5 Å². The smallest absolute Gasteiger partial charge is 0.371 e. The van der Waals surface area contributed by atoms with Gasteiger partial charge in [0.05, 0.1) is 5.56 Å². The van der Waals surface area contributed by atoms with E-state index < -0.39 is 17.7 Å². The zero-order valence-corrected chi connectivity index (χ0v) is 13.7. The molecule has 0 saturated heterocycles. The van der Waals surface area contributed by atoms with Gasteiger partial charge in [-0.1, -0.05) is 18.2 Å². The largest absolute Gasteiger partial charge is 0.416 e. The van der Waals surface area contributed by atoms with Gasteiger partial charge >= 0.3 is 6.18 Å². The topological polar surface area (TPSA) is 27.7 Å². The molecule has 0 heterocycles. The van der Waals surface area contributed by atoms with E-state index in [1.807, 2.05) is 13.8 Å². The lowest BCUT2D eigenvalue weighted by Gasteiger charge is -2.31. The molecule has 7 heteroatoms. The van der Waals surface area contributed by atoms with Gasteiger partial charge < -0.3 is 13.9 Å². The van der Waals surface area contributed by atoms with Crippen LogP contribution < -0.4 is 0 Å². The Balaban J connectivity index is 2.65. The van der Waals surface area contributed by atoms with E-state index in [0.29, 0.717) is 38.0 Å². The highest BCUT2D eigenvalue weighted by molar-refractivity contribution is 5.98. The average Bonchev–Trinajstić information content (AvgIpc) is 2.47. The van der Waals surface area contributed by atoms with Crippen LogP contribution >= 0.6 is 0 Å². The molecule has 0 amide bonds. The van der Waals surface area contributed by atoms with Crippen LogP contribution in [0.3, 0.4) is 0 Å². The van der Waals surface area contributed by atoms with Crippen LogP contribution in [0.1, 0.15) is 37.8 Å². The first-order valence-corrected chi connectivity index (χ1v) is 7.56. The second kappa shape index (κ2) is 8.66. The highest BCUT2D eigenvalue weighted by atomic mass is 28.2. The number of hydrogen-bond acceptors (Lipinski definition) is 3. The quantitative estimate of drug-likeness (QED) is 0.507. The minimum Gasteiger partial charge on any atom is -0.371 e. The van der Waals surface area contributed by atoms with Crippen LogP contribution in [0.4, 0.5) is 13.2 Å². The summed E-state index contributed by atoms with van der Waals surface area (Å²) in [6.07, 6.45) is -2.89. The first-order valence-electron chi connectivity index (χ1n) is 7.15. The van der Waals surface area contributed by atoms with Gasteiger partial charge in [-0.2, -0.15) is 13.2 Å². The Kier molecular flexibility index (Phi) is 7.54. The second-order valence-electron chi connectivity index (χ2n) is 4.70. The molecule has 0 spiro atoms. The molecule has 0 bridgehead atoms. The van der Waals surface area contributed by atoms with Crippen molar-refractivity contribution in [2.75, 3.05) is 13.2 Å². The van der Waals surface area contributed by atoms with Gasteiger partial charge in [0.15, 0.2) is 0 Å². The Morgan fingerprint density at radius 1 is 1.09 bits per heavy atom. The van der Waals surface area contributed by atoms with Crippen molar-refractivity contribution in [3.8, 4) is 0 Å². The number of benzene rings is 1. The molecule has 1 aromatic carbocycles. The van der Waals surface area contributed by atoms with E-state index >= 15 is 0 Å². The van der Waals surface area contributed by atoms with Gasteiger partial charge in [0.2, 0.25) is 0 Å². The van der Waals surface area contributed by atoms with Crippen molar-refractivity contribution in [2.24, 2.45) is 0 Å². The van der Waals surface area contributed by atoms with Gasteiger partial charge in [0.1, 0.15) is 0 Å². The monoisotopic (exact) mass is 333 g/mol. The minimum atomic E-state index is -4.32. The van der Waals surface area contributed by atoms with Crippen LogP contribution in [0, 0.1) is 0 Å². The summed E-state index contributed by atoms with van der Waals surface area (Å²) in [5, 5.41) is 0. The fourth-order valence-electron chi connectivity index (χ4n) is 2.15. The maximum atomic E-state index is 12.7. The van der Waals surface area contributed by atoms with Gasteiger partial charge in [-0.05, 0) is 38.3 Å². The fraction of sp³-hybridized carbons (Fsp3) is 0.600. The minimum absolute atomic E-state index is 0.397. The lowest BCUT2D eigenvalue weighted by atomic mass is 10.0. The van der Waals surface area contributed by atoms with Crippen LogP contribution in [0.25, 0.3) is 0 Å².